The minimum Gasteiger partial charge on any atom is -0.481 e. The third-order valence-electron chi connectivity index (χ3n) is 7.19. The SMILES string of the molecule is CCn1c2ccccc2c2cccc(-n3c(CC(=O)O)c(C(=O)O)c4cc(Oc5ccc(OC(F)(F)F)cc5)ccc43)c21. The summed E-state index contributed by atoms with van der Waals surface area (Å²) in [6.07, 6.45) is -5.40. The Labute approximate surface area is 241 Å². The van der Waals surface area contributed by atoms with Crippen molar-refractivity contribution in [1.29, 1.82) is 0 Å². The maximum absolute atomic E-state index is 12.7. The van der Waals surface area contributed by atoms with E-state index in [1.807, 2.05) is 49.4 Å². The van der Waals surface area contributed by atoms with E-state index in [0.29, 0.717) is 17.7 Å². The predicted molar refractivity (Wildman–Crippen MR) is 153 cm³/mol. The van der Waals surface area contributed by atoms with Crippen molar-refractivity contribution in [2.24, 2.45) is 0 Å². The van der Waals surface area contributed by atoms with Gasteiger partial charge in [-0.25, -0.2) is 4.79 Å². The number of ether oxygens (including phenoxy) is 2. The van der Waals surface area contributed by atoms with Crippen LogP contribution in [-0.4, -0.2) is 37.6 Å². The second kappa shape index (κ2) is 10.4. The molecule has 11 heteroatoms. The molecule has 0 saturated carbocycles. The summed E-state index contributed by atoms with van der Waals surface area (Å²) in [6, 6.07) is 23.0. The van der Waals surface area contributed by atoms with Gasteiger partial charge in [-0.3, -0.25) is 4.79 Å². The molecule has 2 N–H and O–H groups in total. The van der Waals surface area contributed by atoms with E-state index < -0.39 is 30.5 Å². The molecule has 6 aromatic rings. The first-order valence-corrected chi connectivity index (χ1v) is 13.2. The van der Waals surface area contributed by atoms with E-state index in [-0.39, 0.29) is 28.1 Å². The molecule has 8 nitrogen and oxygen atoms in total. The standard InChI is InChI=1S/C32H23F3N2O6/c1-2-36-24-8-4-3-6-21(24)22-7-5-9-26(30(22)36)37-25-15-14-20(16-23(25)29(31(40)41)27(37)17-28(38)39)42-18-10-12-19(13-11-18)43-32(33,34)35/h3-16H,2,17H2,1H3,(H,38,39)(H,40,41). The van der Waals surface area contributed by atoms with Gasteiger partial charge in [0.25, 0.3) is 0 Å². The van der Waals surface area contributed by atoms with Gasteiger partial charge in [-0.2, -0.15) is 0 Å². The lowest BCUT2D eigenvalue weighted by Crippen LogP contribution is -2.16. The molecule has 0 amide bonds. The van der Waals surface area contributed by atoms with E-state index in [4.69, 9.17) is 4.74 Å². The van der Waals surface area contributed by atoms with Crippen molar-refractivity contribution in [3.8, 4) is 22.9 Å². The molecule has 0 fully saturated rings. The summed E-state index contributed by atoms with van der Waals surface area (Å²) < 4.78 is 51.1. The molecule has 2 aromatic heterocycles. The van der Waals surface area contributed by atoms with Gasteiger partial charge in [0.1, 0.15) is 17.2 Å². The molecule has 218 valence electrons. The highest BCUT2D eigenvalue weighted by Gasteiger charge is 2.31. The highest BCUT2D eigenvalue weighted by molar-refractivity contribution is 6.12. The minimum absolute atomic E-state index is 0.0845. The number of aromatic carboxylic acids is 1. The number of aryl methyl sites for hydroxylation is 1. The van der Waals surface area contributed by atoms with Crippen molar-refractivity contribution in [3.05, 3.63) is 96.2 Å². The van der Waals surface area contributed by atoms with E-state index in [1.54, 1.807) is 16.7 Å². The molecule has 6 rings (SSSR count). The second-order valence-corrected chi connectivity index (χ2v) is 9.77. The normalized spacial score (nSPS) is 11.8. The van der Waals surface area contributed by atoms with Gasteiger partial charge in [0.05, 0.1) is 28.7 Å². The Morgan fingerprint density at radius 2 is 1.47 bits per heavy atom. The minimum atomic E-state index is -4.84. The van der Waals surface area contributed by atoms with Crippen molar-refractivity contribution in [2.45, 2.75) is 26.3 Å². The monoisotopic (exact) mass is 588 g/mol. The summed E-state index contributed by atoms with van der Waals surface area (Å²) in [7, 11) is 0. The van der Waals surface area contributed by atoms with Gasteiger partial charge in [-0.05, 0) is 61.5 Å². The molecule has 0 spiro atoms. The molecular formula is C32H23F3N2O6. The molecule has 2 heterocycles. The van der Waals surface area contributed by atoms with Gasteiger partial charge < -0.3 is 28.8 Å². The number of carbonyl (C=O) groups is 2. The zero-order valence-electron chi connectivity index (χ0n) is 22.6. The number of hydrogen-bond acceptors (Lipinski definition) is 4. The van der Waals surface area contributed by atoms with Crippen LogP contribution in [0.25, 0.3) is 38.4 Å². The zero-order chi connectivity index (χ0) is 30.5. The van der Waals surface area contributed by atoms with E-state index in [2.05, 4.69) is 9.30 Å². The Bertz CT molecular complexity index is 2040. The number of nitrogens with zero attached hydrogens (tertiary/aromatic N) is 2. The molecule has 0 aliphatic rings. The Morgan fingerprint density at radius 3 is 2.14 bits per heavy atom. The second-order valence-electron chi connectivity index (χ2n) is 9.77. The van der Waals surface area contributed by atoms with Crippen molar-refractivity contribution in [2.75, 3.05) is 0 Å². The Hall–Kier alpha value is -5.45. The van der Waals surface area contributed by atoms with Crippen molar-refractivity contribution < 1.29 is 42.4 Å². The third kappa shape index (κ3) is 4.99. The summed E-state index contributed by atoms with van der Waals surface area (Å²) in [5.74, 6) is -2.54. The quantitative estimate of drug-likeness (QED) is 0.188. The summed E-state index contributed by atoms with van der Waals surface area (Å²) in [5, 5.41) is 22.3. The topological polar surface area (TPSA) is 103 Å². The Kier molecular flexibility index (Phi) is 6.72. The lowest BCUT2D eigenvalue weighted by molar-refractivity contribution is -0.274. The third-order valence-corrected chi connectivity index (χ3v) is 7.19. The molecular weight excluding hydrogens is 565 g/mol. The van der Waals surface area contributed by atoms with Gasteiger partial charge >= 0.3 is 18.3 Å². The summed E-state index contributed by atoms with van der Waals surface area (Å²) in [4.78, 5) is 24.7. The van der Waals surface area contributed by atoms with Crippen molar-refractivity contribution in [1.82, 2.24) is 9.13 Å². The van der Waals surface area contributed by atoms with Crippen LogP contribution in [0.2, 0.25) is 0 Å². The summed E-state index contributed by atoms with van der Waals surface area (Å²) >= 11 is 0. The average Bonchev–Trinajstić information content (AvgIpc) is 3.45. The fourth-order valence-electron chi connectivity index (χ4n) is 5.65. The van der Waals surface area contributed by atoms with E-state index >= 15 is 0 Å². The first-order valence-electron chi connectivity index (χ1n) is 13.2. The summed E-state index contributed by atoms with van der Waals surface area (Å²) in [5.41, 5.74) is 2.79. The molecule has 0 unspecified atom stereocenters. The van der Waals surface area contributed by atoms with Crippen LogP contribution in [0.4, 0.5) is 13.2 Å². The largest absolute Gasteiger partial charge is 0.573 e. The number of benzene rings is 4. The molecule has 0 bridgehead atoms. The lowest BCUT2D eigenvalue weighted by atomic mass is 10.1. The van der Waals surface area contributed by atoms with Crippen molar-refractivity contribution >= 4 is 44.6 Å². The molecule has 4 aromatic carbocycles. The van der Waals surface area contributed by atoms with Crippen LogP contribution in [0.15, 0.2) is 84.9 Å². The lowest BCUT2D eigenvalue weighted by Gasteiger charge is -2.15. The number of rotatable bonds is 8. The molecule has 0 radical (unpaired) electrons. The van der Waals surface area contributed by atoms with E-state index in [0.717, 1.165) is 33.9 Å². The van der Waals surface area contributed by atoms with E-state index in [1.165, 1.54) is 18.2 Å². The van der Waals surface area contributed by atoms with Gasteiger partial charge in [0, 0.05) is 33.9 Å². The molecule has 0 aliphatic heterocycles. The molecule has 0 atom stereocenters. The fourth-order valence-corrected chi connectivity index (χ4v) is 5.65. The number of aromatic nitrogens is 2. The van der Waals surface area contributed by atoms with Crippen LogP contribution in [0, 0.1) is 0 Å². The van der Waals surface area contributed by atoms with Gasteiger partial charge in [0.2, 0.25) is 0 Å². The molecule has 0 saturated heterocycles. The average molecular weight is 589 g/mol. The Balaban J connectivity index is 1.55. The number of aliphatic carboxylic acids is 1. The highest BCUT2D eigenvalue weighted by atomic mass is 19.4. The number of fused-ring (bicyclic) bond motifs is 4. The Morgan fingerprint density at radius 1 is 0.791 bits per heavy atom. The summed E-state index contributed by atoms with van der Waals surface area (Å²) in [6.45, 7) is 2.62. The maximum atomic E-state index is 12.7. The number of para-hydroxylation sites is 2. The first kappa shape index (κ1) is 27.7. The number of hydrogen-bond donors (Lipinski definition) is 2. The van der Waals surface area contributed by atoms with Crippen LogP contribution in [0.5, 0.6) is 17.2 Å². The number of alkyl halides is 3. The van der Waals surface area contributed by atoms with Crippen LogP contribution >= 0.6 is 0 Å². The molecule has 0 aliphatic carbocycles. The fraction of sp³-hybridized carbons (Fsp3) is 0.125. The predicted octanol–water partition coefficient (Wildman–Crippen LogP) is 7.77. The van der Waals surface area contributed by atoms with Crippen LogP contribution in [-0.2, 0) is 17.8 Å². The molecule has 43 heavy (non-hydrogen) atoms. The van der Waals surface area contributed by atoms with Crippen LogP contribution in [0.1, 0.15) is 23.0 Å². The number of halogens is 3. The number of carboxylic acids is 2. The first-order chi connectivity index (χ1) is 20.6. The zero-order valence-corrected chi connectivity index (χ0v) is 22.6. The number of carboxylic acid groups (broad SMARTS) is 2. The smallest absolute Gasteiger partial charge is 0.481 e. The highest BCUT2D eigenvalue weighted by Crippen LogP contribution is 2.39. The van der Waals surface area contributed by atoms with Gasteiger partial charge in [-0.1, -0.05) is 30.3 Å². The van der Waals surface area contributed by atoms with Gasteiger partial charge in [0.15, 0.2) is 0 Å². The van der Waals surface area contributed by atoms with Gasteiger partial charge in [-0.15, -0.1) is 13.2 Å². The maximum Gasteiger partial charge on any atom is 0.573 e. The van der Waals surface area contributed by atoms with Crippen molar-refractivity contribution in [3.63, 3.8) is 0 Å². The van der Waals surface area contributed by atoms with Crippen LogP contribution < -0.4 is 9.47 Å². The van der Waals surface area contributed by atoms with Crippen LogP contribution in [0.3, 0.4) is 0 Å². The van der Waals surface area contributed by atoms with E-state index in [9.17, 15) is 33.0 Å².